The van der Waals surface area contributed by atoms with Crippen molar-refractivity contribution in [1.29, 1.82) is 0 Å². The van der Waals surface area contributed by atoms with Crippen molar-refractivity contribution in [3.8, 4) is 5.75 Å². The first-order valence-corrected chi connectivity index (χ1v) is 6.74. The lowest BCUT2D eigenvalue weighted by Crippen LogP contribution is -2.37. The number of phenols is 1. The molecule has 94 valence electrons. The molecule has 2 heteroatoms. The average Bonchev–Trinajstić information content (AvgIpc) is 2.38. The van der Waals surface area contributed by atoms with Crippen LogP contribution < -0.4 is 5.73 Å². The van der Waals surface area contributed by atoms with E-state index in [0.717, 1.165) is 19.3 Å². The summed E-state index contributed by atoms with van der Waals surface area (Å²) < 4.78 is 0. The van der Waals surface area contributed by atoms with Gasteiger partial charge in [-0.2, -0.15) is 0 Å². The number of hydrogen-bond donors (Lipinski definition) is 2. The van der Waals surface area contributed by atoms with Crippen molar-refractivity contribution in [1.82, 2.24) is 0 Å². The van der Waals surface area contributed by atoms with Gasteiger partial charge < -0.3 is 10.8 Å². The molecule has 0 aliphatic heterocycles. The molecule has 1 saturated carbocycles. The van der Waals surface area contributed by atoms with E-state index in [0.29, 0.717) is 12.3 Å². The van der Waals surface area contributed by atoms with Gasteiger partial charge in [-0.05, 0) is 42.5 Å². The average molecular weight is 233 g/mol. The van der Waals surface area contributed by atoms with Gasteiger partial charge >= 0.3 is 0 Å². The molecule has 2 rings (SSSR count). The van der Waals surface area contributed by atoms with Gasteiger partial charge in [0.05, 0.1) is 0 Å². The van der Waals surface area contributed by atoms with Crippen LogP contribution >= 0.6 is 0 Å². The summed E-state index contributed by atoms with van der Waals surface area (Å²) >= 11 is 0. The van der Waals surface area contributed by atoms with Crippen LogP contribution in [0.3, 0.4) is 0 Å². The van der Waals surface area contributed by atoms with Crippen LogP contribution in [-0.4, -0.2) is 11.7 Å². The van der Waals surface area contributed by atoms with Gasteiger partial charge in [0.2, 0.25) is 0 Å². The predicted molar refractivity (Wildman–Crippen MR) is 71.3 cm³/mol. The third-order valence-electron chi connectivity index (χ3n) is 4.20. The van der Waals surface area contributed by atoms with Crippen molar-refractivity contribution in [2.75, 3.05) is 6.54 Å². The lowest BCUT2D eigenvalue weighted by molar-refractivity contribution is 0.299. The van der Waals surface area contributed by atoms with Crippen LogP contribution in [0.1, 0.15) is 50.2 Å². The molecule has 17 heavy (non-hydrogen) atoms. The molecule has 0 atom stereocenters. The Morgan fingerprint density at radius 3 is 2.47 bits per heavy atom. The van der Waals surface area contributed by atoms with Crippen LogP contribution in [0.5, 0.6) is 5.75 Å². The predicted octanol–water partition coefficient (Wildman–Crippen LogP) is 3.12. The standard InChI is InChI=1S/C15H23NO/c1-2-12-8-13(10-14(17)9-12)15(11-16)6-4-3-5-7-15/h8-10,17H,2-7,11,16H2,1H3. The topological polar surface area (TPSA) is 46.2 Å². The number of aryl methyl sites for hydroxylation is 1. The molecule has 0 saturated heterocycles. The van der Waals surface area contributed by atoms with Gasteiger partial charge in [-0.1, -0.05) is 32.3 Å². The van der Waals surface area contributed by atoms with Gasteiger partial charge in [0.1, 0.15) is 5.75 Å². The van der Waals surface area contributed by atoms with Crippen molar-refractivity contribution in [3.05, 3.63) is 29.3 Å². The van der Waals surface area contributed by atoms with Crippen molar-refractivity contribution >= 4 is 0 Å². The Kier molecular flexibility index (Phi) is 3.72. The molecule has 1 aromatic rings. The summed E-state index contributed by atoms with van der Waals surface area (Å²) in [6.07, 6.45) is 7.12. The summed E-state index contributed by atoms with van der Waals surface area (Å²) in [4.78, 5) is 0. The van der Waals surface area contributed by atoms with Gasteiger partial charge in [-0.25, -0.2) is 0 Å². The van der Waals surface area contributed by atoms with Gasteiger partial charge in [0.15, 0.2) is 0 Å². The highest BCUT2D eigenvalue weighted by Gasteiger charge is 2.32. The van der Waals surface area contributed by atoms with Gasteiger partial charge in [0.25, 0.3) is 0 Å². The number of hydrogen-bond acceptors (Lipinski definition) is 2. The number of rotatable bonds is 3. The molecular weight excluding hydrogens is 210 g/mol. The second kappa shape index (κ2) is 5.09. The summed E-state index contributed by atoms with van der Waals surface area (Å²) in [5.41, 5.74) is 8.60. The third kappa shape index (κ3) is 2.47. The normalized spacial score (nSPS) is 19.2. The van der Waals surface area contributed by atoms with E-state index in [1.807, 2.05) is 12.1 Å². The highest BCUT2D eigenvalue weighted by molar-refractivity contribution is 5.38. The minimum absolute atomic E-state index is 0.112. The zero-order valence-corrected chi connectivity index (χ0v) is 10.7. The summed E-state index contributed by atoms with van der Waals surface area (Å²) in [6.45, 7) is 2.81. The maximum Gasteiger partial charge on any atom is 0.116 e. The molecular formula is C15H23NO. The molecule has 2 nitrogen and oxygen atoms in total. The third-order valence-corrected chi connectivity index (χ3v) is 4.20. The summed E-state index contributed by atoms with van der Waals surface area (Å²) in [5.74, 6) is 0.387. The van der Waals surface area contributed by atoms with E-state index >= 15 is 0 Å². The van der Waals surface area contributed by atoms with Crippen LogP contribution in [0.2, 0.25) is 0 Å². The fourth-order valence-corrected chi connectivity index (χ4v) is 3.02. The Balaban J connectivity index is 2.38. The Morgan fingerprint density at radius 2 is 1.88 bits per heavy atom. The zero-order chi connectivity index (χ0) is 12.3. The minimum Gasteiger partial charge on any atom is -0.508 e. The maximum absolute atomic E-state index is 9.82. The van der Waals surface area contributed by atoms with E-state index in [4.69, 9.17) is 5.73 Å². The van der Waals surface area contributed by atoms with Gasteiger partial charge in [-0.15, -0.1) is 0 Å². The Labute approximate surface area is 104 Å². The van der Waals surface area contributed by atoms with Crippen LogP contribution in [0.15, 0.2) is 18.2 Å². The van der Waals surface area contributed by atoms with Gasteiger partial charge in [-0.3, -0.25) is 0 Å². The first kappa shape index (κ1) is 12.4. The summed E-state index contributed by atoms with van der Waals surface area (Å²) in [5, 5.41) is 9.82. The molecule has 1 fully saturated rings. The lowest BCUT2D eigenvalue weighted by atomic mass is 9.69. The summed E-state index contributed by atoms with van der Waals surface area (Å²) in [7, 11) is 0. The Morgan fingerprint density at radius 1 is 1.18 bits per heavy atom. The first-order chi connectivity index (χ1) is 8.20. The molecule has 1 aliphatic rings. The number of nitrogens with two attached hydrogens (primary N) is 1. The molecule has 0 amide bonds. The molecule has 0 unspecified atom stereocenters. The number of phenolic OH excluding ortho intramolecular Hbond substituents is 1. The van der Waals surface area contributed by atoms with Crippen molar-refractivity contribution in [3.63, 3.8) is 0 Å². The molecule has 0 radical (unpaired) electrons. The SMILES string of the molecule is CCc1cc(O)cc(C2(CN)CCCCC2)c1. The second-order valence-electron chi connectivity index (χ2n) is 5.29. The van der Waals surface area contributed by atoms with Crippen molar-refractivity contribution < 1.29 is 5.11 Å². The fraction of sp³-hybridized carbons (Fsp3) is 0.600. The summed E-state index contributed by atoms with van der Waals surface area (Å²) in [6, 6.07) is 6.01. The van der Waals surface area contributed by atoms with E-state index in [-0.39, 0.29) is 5.41 Å². The minimum atomic E-state index is 0.112. The number of aromatic hydroxyl groups is 1. The second-order valence-corrected chi connectivity index (χ2v) is 5.29. The van der Waals surface area contributed by atoms with Crippen molar-refractivity contribution in [2.24, 2.45) is 5.73 Å². The van der Waals surface area contributed by atoms with Crippen molar-refractivity contribution in [2.45, 2.75) is 50.9 Å². The van der Waals surface area contributed by atoms with Crippen LogP contribution in [-0.2, 0) is 11.8 Å². The molecule has 0 spiro atoms. The van der Waals surface area contributed by atoms with Crippen LogP contribution in [0.4, 0.5) is 0 Å². The number of benzene rings is 1. The highest BCUT2D eigenvalue weighted by Crippen LogP contribution is 2.40. The van der Waals surface area contributed by atoms with E-state index < -0.39 is 0 Å². The molecule has 0 heterocycles. The van der Waals surface area contributed by atoms with E-state index in [1.165, 1.54) is 30.4 Å². The van der Waals surface area contributed by atoms with E-state index in [9.17, 15) is 5.11 Å². The first-order valence-electron chi connectivity index (χ1n) is 6.74. The molecule has 1 aromatic carbocycles. The van der Waals surface area contributed by atoms with Gasteiger partial charge in [0, 0.05) is 12.0 Å². The largest absolute Gasteiger partial charge is 0.508 e. The van der Waals surface area contributed by atoms with Crippen LogP contribution in [0.25, 0.3) is 0 Å². The van der Waals surface area contributed by atoms with E-state index in [2.05, 4.69) is 13.0 Å². The van der Waals surface area contributed by atoms with E-state index in [1.54, 1.807) is 0 Å². The molecule has 3 N–H and O–H groups in total. The monoisotopic (exact) mass is 233 g/mol. The van der Waals surface area contributed by atoms with Crippen LogP contribution in [0, 0.1) is 0 Å². The molecule has 1 aliphatic carbocycles. The lowest BCUT2D eigenvalue weighted by Gasteiger charge is -2.37. The highest BCUT2D eigenvalue weighted by atomic mass is 16.3. The molecule has 0 bridgehead atoms. The smallest absolute Gasteiger partial charge is 0.116 e. The quantitative estimate of drug-likeness (QED) is 0.842. The Bertz CT molecular complexity index is 381. The fourth-order valence-electron chi connectivity index (χ4n) is 3.02. The maximum atomic E-state index is 9.82. The molecule has 0 aromatic heterocycles. The Hall–Kier alpha value is -1.02. The zero-order valence-electron chi connectivity index (χ0n) is 10.7.